The lowest BCUT2D eigenvalue weighted by Crippen LogP contribution is -2.52. The average molecular weight is 312 g/mol. The van der Waals surface area contributed by atoms with Crippen molar-refractivity contribution < 1.29 is 0 Å². The minimum atomic E-state index is -0.159. The van der Waals surface area contributed by atoms with Crippen LogP contribution in [0.3, 0.4) is 0 Å². The molecule has 0 aliphatic heterocycles. The molecule has 0 saturated heterocycles. The monoisotopic (exact) mass is 312 g/mol. The molecule has 0 spiro atoms. The highest BCUT2D eigenvalue weighted by molar-refractivity contribution is 7.80. The van der Waals surface area contributed by atoms with E-state index in [1.165, 1.54) is 0 Å². The maximum atomic E-state index is 5.29. The third-order valence-electron chi connectivity index (χ3n) is 2.91. The maximum absolute atomic E-state index is 5.29. The van der Waals surface area contributed by atoms with E-state index in [9.17, 15) is 0 Å². The largest absolute Gasteiger partial charge is 0.281 e. The lowest BCUT2D eigenvalue weighted by molar-refractivity contribution is 0.484. The van der Waals surface area contributed by atoms with E-state index in [2.05, 4.69) is 36.4 Å². The molecule has 0 radical (unpaired) electrons. The highest BCUT2D eigenvalue weighted by atomic mass is 32.1. The van der Waals surface area contributed by atoms with Gasteiger partial charge in [-0.2, -0.15) is 0 Å². The van der Waals surface area contributed by atoms with Crippen molar-refractivity contribution in [1.82, 2.24) is 5.43 Å². The van der Waals surface area contributed by atoms with Gasteiger partial charge in [0.1, 0.15) is 0 Å². The van der Waals surface area contributed by atoms with Crippen LogP contribution in [0.4, 0.5) is 11.4 Å². The van der Waals surface area contributed by atoms with Crippen molar-refractivity contribution in [2.45, 2.75) is 26.3 Å². The number of hydrazine groups is 1. The van der Waals surface area contributed by atoms with E-state index < -0.39 is 0 Å². The molecular weight excluding hydrogens is 292 g/mol. The van der Waals surface area contributed by atoms with Crippen LogP contribution in [0, 0.1) is 0 Å². The summed E-state index contributed by atoms with van der Waals surface area (Å²) in [5, 5.41) is 10.5. The molecule has 0 aliphatic carbocycles. The summed E-state index contributed by atoms with van der Waals surface area (Å²) in [6.07, 6.45) is 0. The summed E-state index contributed by atoms with van der Waals surface area (Å²) in [4.78, 5) is 0. The molecule has 2 aromatic rings. The van der Waals surface area contributed by atoms with Gasteiger partial charge in [-0.05, 0) is 57.3 Å². The third-order valence-corrected chi connectivity index (χ3v) is 3.08. The molecule has 22 heavy (non-hydrogen) atoms. The fourth-order valence-electron chi connectivity index (χ4n) is 1.91. The van der Waals surface area contributed by atoms with Gasteiger partial charge in [-0.15, -0.1) is 10.2 Å². The van der Waals surface area contributed by atoms with E-state index in [4.69, 9.17) is 12.2 Å². The van der Waals surface area contributed by atoms with E-state index in [1.54, 1.807) is 0 Å². The zero-order valence-corrected chi connectivity index (χ0v) is 13.8. The van der Waals surface area contributed by atoms with E-state index in [-0.39, 0.29) is 5.54 Å². The van der Waals surface area contributed by atoms with Crippen molar-refractivity contribution in [3.8, 4) is 0 Å². The fraction of sp³-hybridized carbons (Fsp3) is 0.235. The summed E-state index contributed by atoms with van der Waals surface area (Å²) in [6.45, 7) is 6.30. The number of hydrogen-bond donors (Lipinski definition) is 1. The van der Waals surface area contributed by atoms with Crippen LogP contribution < -0.4 is 10.4 Å². The van der Waals surface area contributed by atoms with E-state index >= 15 is 0 Å². The number of para-hydroxylation sites is 1. The minimum Gasteiger partial charge on any atom is -0.281 e. The maximum Gasteiger partial charge on any atom is 0.232 e. The fourth-order valence-corrected chi connectivity index (χ4v) is 2.04. The Bertz CT molecular complexity index is 633. The molecule has 2 aromatic carbocycles. The number of nitrogens with zero attached hydrogens (tertiary/aromatic N) is 3. The molecule has 0 heterocycles. The van der Waals surface area contributed by atoms with Gasteiger partial charge in [0.25, 0.3) is 0 Å². The zero-order valence-electron chi connectivity index (χ0n) is 13.0. The second-order valence-corrected chi connectivity index (χ2v) is 6.18. The Morgan fingerprint density at radius 1 is 0.955 bits per heavy atom. The Balaban J connectivity index is 2.11. The quantitative estimate of drug-likeness (QED) is 0.499. The Hall–Kier alpha value is -2.27. The number of anilines is 1. The Labute approximate surface area is 136 Å². The van der Waals surface area contributed by atoms with Crippen molar-refractivity contribution >= 4 is 28.7 Å². The van der Waals surface area contributed by atoms with E-state index in [0.29, 0.717) is 5.11 Å². The molecule has 0 unspecified atom stereocenters. The first-order valence-electron chi connectivity index (χ1n) is 7.09. The summed E-state index contributed by atoms with van der Waals surface area (Å²) in [7, 11) is 0. The van der Waals surface area contributed by atoms with Crippen LogP contribution in [-0.4, -0.2) is 10.7 Å². The summed E-state index contributed by atoms with van der Waals surface area (Å²) in [5.41, 5.74) is 4.78. The van der Waals surface area contributed by atoms with Crippen molar-refractivity contribution in [2.24, 2.45) is 10.2 Å². The van der Waals surface area contributed by atoms with Crippen LogP contribution in [0.2, 0.25) is 0 Å². The number of thiocarbonyl (C=S) groups is 1. The van der Waals surface area contributed by atoms with Gasteiger partial charge in [0.2, 0.25) is 5.11 Å². The lowest BCUT2D eigenvalue weighted by Gasteiger charge is -2.37. The summed E-state index contributed by atoms with van der Waals surface area (Å²) in [5.74, 6) is 0. The standard InChI is InChI=1S/C17H20N4S/c1-17(2,3)21(15-12-8-5-9-13-15)20-16(22)19-18-14-10-6-4-7-11-14/h4-13H,1-3H3,(H,20,22)/b19-18+. The average Bonchev–Trinajstić information content (AvgIpc) is 2.51. The van der Waals surface area contributed by atoms with Crippen LogP contribution in [0.25, 0.3) is 0 Å². The number of benzene rings is 2. The van der Waals surface area contributed by atoms with Gasteiger partial charge in [0.15, 0.2) is 0 Å². The molecule has 0 aromatic heterocycles. The molecule has 0 fully saturated rings. The van der Waals surface area contributed by atoms with Gasteiger partial charge in [0.05, 0.1) is 16.9 Å². The van der Waals surface area contributed by atoms with Crippen molar-refractivity contribution in [1.29, 1.82) is 0 Å². The number of rotatable bonds is 3. The molecule has 0 amide bonds. The summed E-state index contributed by atoms with van der Waals surface area (Å²) >= 11 is 5.29. The molecule has 5 heteroatoms. The molecule has 0 bridgehead atoms. The van der Waals surface area contributed by atoms with Crippen molar-refractivity contribution in [3.05, 3.63) is 60.7 Å². The highest BCUT2D eigenvalue weighted by Gasteiger charge is 2.22. The SMILES string of the molecule is CC(C)(C)N(NC(=S)/N=N/c1ccccc1)c1ccccc1. The first-order chi connectivity index (χ1) is 10.5. The normalized spacial score (nSPS) is 11.4. The Kier molecular flexibility index (Phi) is 5.22. The minimum absolute atomic E-state index is 0.159. The van der Waals surface area contributed by atoms with Crippen LogP contribution in [-0.2, 0) is 0 Å². The first kappa shape index (κ1) is 16.1. The second-order valence-electron chi connectivity index (χ2n) is 5.79. The highest BCUT2D eigenvalue weighted by Crippen LogP contribution is 2.21. The summed E-state index contributed by atoms with van der Waals surface area (Å²) < 4.78 is 0. The summed E-state index contributed by atoms with van der Waals surface area (Å²) in [6, 6.07) is 19.5. The lowest BCUT2D eigenvalue weighted by atomic mass is 10.1. The van der Waals surface area contributed by atoms with Crippen LogP contribution in [0.15, 0.2) is 70.9 Å². The smallest absolute Gasteiger partial charge is 0.232 e. The van der Waals surface area contributed by atoms with Gasteiger partial charge in [-0.1, -0.05) is 36.4 Å². The number of azo groups is 1. The molecular formula is C17H20N4S. The van der Waals surface area contributed by atoms with Crippen LogP contribution >= 0.6 is 12.2 Å². The molecule has 0 saturated carbocycles. The van der Waals surface area contributed by atoms with Gasteiger partial charge >= 0.3 is 0 Å². The zero-order chi connectivity index (χ0) is 16.0. The Morgan fingerprint density at radius 3 is 2.05 bits per heavy atom. The predicted molar refractivity (Wildman–Crippen MR) is 95.4 cm³/mol. The first-order valence-corrected chi connectivity index (χ1v) is 7.50. The number of nitrogens with one attached hydrogen (secondary N) is 1. The molecule has 1 N–H and O–H groups in total. The van der Waals surface area contributed by atoms with E-state index in [0.717, 1.165) is 11.4 Å². The van der Waals surface area contributed by atoms with Crippen LogP contribution in [0.5, 0.6) is 0 Å². The predicted octanol–water partition coefficient (Wildman–Crippen LogP) is 4.86. The Morgan fingerprint density at radius 2 is 1.50 bits per heavy atom. The molecule has 0 aliphatic rings. The van der Waals surface area contributed by atoms with Crippen molar-refractivity contribution in [3.63, 3.8) is 0 Å². The van der Waals surface area contributed by atoms with Gasteiger partial charge in [-0.25, -0.2) is 0 Å². The molecule has 114 valence electrons. The van der Waals surface area contributed by atoms with E-state index in [1.807, 2.05) is 65.7 Å². The van der Waals surface area contributed by atoms with Gasteiger partial charge in [0, 0.05) is 0 Å². The third kappa shape index (κ3) is 4.63. The van der Waals surface area contributed by atoms with Gasteiger partial charge < -0.3 is 0 Å². The van der Waals surface area contributed by atoms with Crippen molar-refractivity contribution in [2.75, 3.05) is 5.01 Å². The van der Waals surface area contributed by atoms with Crippen LogP contribution in [0.1, 0.15) is 20.8 Å². The second kappa shape index (κ2) is 7.13. The number of hydrogen-bond acceptors (Lipinski definition) is 3. The molecule has 0 atom stereocenters. The topological polar surface area (TPSA) is 40.0 Å². The molecule has 4 nitrogen and oxygen atoms in total. The molecule has 2 rings (SSSR count). The van der Waals surface area contributed by atoms with Gasteiger partial charge in [-0.3, -0.25) is 10.4 Å².